The monoisotopic (exact) mass is 489 g/mol. The predicted molar refractivity (Wildman–Crippen MR) is 139 cm³/mol. The summed E-state index contributed by atoms with van der Waals surface area (Å²) < 4.78 is 28.2. The fraction of sp³-hybridized carbons (Fsp3) is 0.379. The van der Waals surface area contributed by atoms with E-state index in [2.05, 4.69) is 53.3 Å². The van der Waals surface area contributed by atoms with Crippen LogP contribution in [0.15, 0.2) is 93.5 Å². The van der Waals surface area contributed by atoms with Crippen molar-refractivity contribution in [2.75, 3.05) is 6.26 Å². The van der Waals surface area contributed by atoms with Gasteiger partial charge in [0.1, 0.15) is 0 Å². The van der Waals surface area contributed by atoms with Gasteiger partial charge in [-0.05, 0) is 97.6 Å². The summed E-state index contributed by atoms with van der Waals surface area (Å²) in [5.74, 6) is 2.78. The molecule has 0 saturated heterocycles. The van der Waals surface area contributed by atoms with E-state index >= 15 is 0 Å². The molecule has 4 bridgehead atoms. The maximum atomic E-state index is 12.0. The maximum absolute atomic E-state index is 12.0. The smallest absolute Gasteiger partial charge is 0.166 e. The van der Waals surface area contributed by atoms with E-state index in [4.69, 9.17) is 0 Å². The van der Waals surface area contributed by atoms with Crippen LogP contribution in [0.1, 0.15) is 44.1 Å². The summed E-state index contributed by atoms with van der Waals surface area (Å²) in [6.45, 7) is 0. The van der Waals surface area contributed by atoms with Gasteiger partial charge < -0.3 is 4.72 Å². The zero-order valence-corrected chi connectivity index (χ0v) is 21.2. The molecule has 0 aromatic heterocycles. The van der Waals surface area contributed by atoms with Crippen molar-refractivity contribution in [1.82, 2.24) is 0 Å². The molecule has 4 aliphatic rings. The van der Waals surface area contributed by atoms with Crippen molar-refractivity contribution in [1.29, 1.82) is 0 Å². The topological polar surface area (TPSA) is 48.2 Å². The van der Waals surface area contributed by atoms with Gasteiger partial charge in [0.25, 0.3) is 0 Å². The molecule has 1 atom stereocenters. The Morgan fingerprint density at radius 2 is 1.26 bits per heavy atom. The fourth-order valence-corrected chi connectivity index (χ4v) is 9.97. The summed E-state index contributed by atoms with van der Waals surface area (Å²) in [4.78, 5) is 3.32. The Kier molecular flexibility index (Phi) is 5.53. The third kappa shape index (κ3) is 4.18. The molecule has 3 nitrogen and oxygen atoms in total. The van der Waals surface area contributed by atoms with Crippen LogP contribution in [0.25, 0.3) is 4.72 Å². The van der Waals surface area contributed by atoms with Crippen LogP contribution in [-0.2, 0) is 26.3 Å². The molecule has 0 aliphatic heterocycles. The van der Waals surface area contributed by atoms with Gasteiger partial charge in [-0.3, -0.25) is 0 Å². The molecule has 34 heavy (non-hydrogen) atoms. The Balaban J connectivity index is 1.40. The molecule has 0 heterocycles. The molecule has 5 heteroatoms. The minimum absolute atomic E-state index is 0.377. The summed E-state index contributed by atoms with van der Waals surface area (Å²) in [6, 6.07) is 27.4. The number of sulfonamides is 1. The Morgan fingerprint density at radius 3 is 1.85 bits per heavy atom. The molecule has 176 valence electrons. The van der Waals surface area contributed by atoms with E-state index in [0.29, 0.717) is 11.1 Å². The van der Waals surface area contributed by atoms with Crippen LogP contribution in [0.4, 0.5) is 5.69 Å². The highest BCUT2D eigenvalue weighted by molar-refractivity contribution is 7.97. The van der Waals surface area contributed by atoms with E-state index in [0.717, 1.165) is 28.9 Å². The molecule has 0 amide bonds. The standard InChI is InChI=1S/C29H31NO2S2/c1-34(31,32)30-27-9-5-6-10-28(27)33(25-7-3-2-4-8-25)26-13-11-24(12-14-26)29-18-21-15-22(19-29)17-23(16-21)20-29/h2-14,21-23H,15-20H2,1H3. The zero-order valence-electron chi connectivity index (χ0n) is 19.6. The first-order valence-electron chi connectivity index (χ1n) is 12.3. The number of nitrogens with zero attached hydrogens (tertiary/aromatic N) is 1. The molecular formula is C29H31NO2S2. The van der Waals surface area contributed by atoms with Crippen molar-refractivity contribution in [2.24, 2.45) is 17.8 Å². The highest BCUT2D eigenvalue weighted by atomic mass is 32.2. The van der Waals surface area contributed by atoms with Crippen molar-refractivity contribution in [2.45, 2.75) is 58.6 Å². The molecule has 7 rings (SSSR count). The summed E-state index contributed by atoms with van der Waals surface area (Å²) >= 11 is 0. The van der Waals surface area contributed by atoms with Crippen LogP contribution >= 0.6 is 0 Å². The summed E-state index contributed by atoms with van der Waals surface area (Å²) in [5.41, 5.74) is 2.42. The minimum atomic E-state index is -3.50. The van der Waals surface area contributed by atoms with Gasteiger partial charge in [-0.1, -0.05) is 54.2 Å². The number of benzene rings is 3. The lowest BCUT2D eigenvalue weighted by Crippen LogP contribution is -2.48. The van der Waals surface area contributed by atoms with Crippen LogP contribution < -0.4 is 0 Å². The SMILES string of the molecule is CS(=O)(=O)[N-]c1ccccc1[S+](c1ccccc1)c1ccc(C23CC4CC(CC(C4)C2)C3)cc1. The first kappa shape index (κ1) is 22.2. The Hall–Kier alpha value is -2.24. The fourth-order valence-electron chi connectivity index (χ4n) is 7.24. The molecule has 4 fully saturated rings. The third-order valence-electron chi connectivity index (χ3n) is 8.07. The number of hydrogen-bond acceptors (Lipinski definition) is 2. The van der Waals surface area contributed by atoms with Gasteiger partial charge in [0.2, 0.25) is 0 Å². The number of hydrogen-bond donors (Lipinski definition) is 0. The van der Waals surface area contributed by atoms with Crippen LogP contribution in [0.2, 0.25) is 0 Å². The van der Waals surface area contributed by atoms with E-state index in [1.54, 1.807) is 0 Å². The van der Waals surface area contributed by atoms with Gasteiger partial charge in [0, 0.05) is 6.26 Å². The largest absolute Gasteiger partial charge is 0.573 e. The van der Waals surface area contributed by atoms with Crippen LogP contribution in [-0.4, -0.2) is 14.7 Å². The molecule has 4 saturated carbocycles. The van der Waals surface area contributed by atoms with E-state index in [1.165, 1.54) is 53.9 Å². The molecule has 1 unspecified atom stereocenters. The molecule has 0 N–H and O–H groups in total. The van der Waals surface area contributed by atoms with Crippen molar-refractivity contribution in [3.63, 3.8) is 0 Å². The third-order valence-corrected chi connectivity index (χ3v) is 10.9. The van der Waals surface area contributed by atoms with Crippen LogP contribution in [0.5, 0.6) is 0 Å². The first-order chi connectivity index (χ1) is 16.4. The Bertz CT molecular complexity index is 1250. The average molecular weight is 490 g/mol. The van der Waals surface area contributed by atoms with Gasteiger partial charge in [0.05, 0.1) is 20.9 Å². The summed E-state index contributed by atoms with van der Waals surface area (Å²) in [5, 5.41) is 0. The van der Waals surface area contributed by atoms with Crippen molar-refractivity contribution in [3.05, 3.63) is 89.1 Å². The molecular weight excluding hydrogens is 458 g/mol. The molecule has 0 spiro atoms. The first-order valence-corrected chi connectivity index (χ1v) is 15.4. The molecule has 3 aromatic rings. The van der Waals surface area contributed by atoms with Gasteiger partial charge in [-0.2, -0.15) is 0 Å². The molecule has 0 radical (unpaired) electrons. The minimum Gasteiger partial charge on any atom is -0.573 e. The molecule has 4 aliphatic carbocycles. The lowest BCUT2D eigenvalue weighted by atomic mass is 9.48. The van der Waals surface area contributed by atoms with Crippen molar-refractivity contribution in [3.8, 4) is 0 Å². The maximum Gasteiger partial charge on any atom is 0.166 e. The van der Waals surface area contributed by atoms with E-state index in [-0.39, 0.29) is 0 Å². The quantitative estimate of drug-likeness (QED) is 0.343. The van der Waals surface area contributed by atoms with Crippen molar-refractivity contribution < 1.29 is 8.42 Å². The summed E-state index contributed by atoms with van der Waals surface area (Å²) in [6.07, 6.45) is 9.60. The second-order valence-electron chi connectivity index (χ2n) is 10.6. The predicted octanol–water partition coefficient (Wildman–Crippen LogP) is 7.21. The van der Waals surface area contributed by atoms with Crippen LogP contribution in [0, 0.1) is 17.8 Å². The van der Waals surface area contributed by atoms with Gasteiger partial charge in [-0.15, -0.1) is 0 Å². The van der Waals surface area contributed by atoms with E-state index in [1.807, 2.05) is 30.3 Å². The van der Waals surface area contributed by atoms with E-state index < -0.39 is 20.9 Å². The zero-order chi connectivity index (χ0) is 23.3. The summed E-state index contributed by atoms with van der Waals surface area (Å²) in [7, 11) is -3.94. The Morgan fingerprint density at radius 1 is 0.735 bits per heavy atom. The normalized spacial score (nSPS) is 28.6. The second kappa shape index (κ2) is 8.46. The highest BCUT2D eigenvalue weighted by Gasteiger charge is 2.51. The van der Waals surface area contributed by atoms with Gasteiger partial charge in [0.15, 0.2) is 14.7 Å². The second-order valence-corrected chi connectivity index (χ2v) is 14.3. The average Bonchev–Trinajstić information content (AvgIpc) is 2.80. The lowest BCUT2D eigenvalue weighted by Gasteiger charge is -2.57. The van der Waals surface area contributed by atoms with Crippen LogP contribution in [0.3, 0.4) is 0 Å². The number of rotatable bonds is 6. The van der Waals surface area contributed by atoms with Crippen molar-refractivity contribution >= 4 is 26.6 Å². The molecule has 3 aromatic carbocycles. The highest BCUT2D eigenvalue weighted by Crippen LogP contribution is 2.60. The van der Waals surface area contributed by atoms with E-state index in [9.17, 15) is 8.42 Å². The van der Waals surface area contributed by atoms with Gasteiger partial charge in [-0.25, -0.2) is 8.42 Å². The Labute approximate surface area is 206 Å². The van der Waals surface area contributed by atoms with Gasteiger partial charge >= 0.3 is 0 Å². The lowest BCUT2D eigenvalue weighted by molar-refractivity contribution is -0.00521.